The number of carbonyl (C=O) groups is 2. The molecule has 0 radical (unpaired) electrons. The molecular weight excluding hydrogens is 372 g/mol. The maximum atomic E-state index is 12.6. The van der Waals surface area contributed by atoms with Crippen LogP contribution in [0.3, 0.4) is 0 Å². The average Bonchev–Trinajstić information content (AvgIpc) is 3.10. The fourth-order valence-corrected chi connectivity index (χ4v) is 2.59. The molecule has 1 aromatic carbocycles. The van der Waals surface area contributed by atoms with Crippen molar-refractivity contribution in [3.8, 4) is 6.07 Å². The van der Waals surface area contributed by atoms with Crippen molar-refractivity contribution in [2.75, 3.05) is 13.7 Å². The van der Waals surface area contributed by atoms with Crippen molar-refractivity contribution in [2.24, 2.45) is 0 Å². The number of amides is 1. The van der Waals surface area contributed by atoms with E-state index >= 15 is 0 Å². The summed E-state index contributed by atoms with van der Waals surface area (Å²) in [6.07, 6.45) is 2.92. The summed E-state index contributed by atoms with van der Waals surface area (Å²) in [4.78, 5) is 29.8. The third-order valence-electron chi connectivity index (χ3n) is 4.05. The number of imidazole rings is 1. The van der Waals surface area contributed by atoms with Gasteiger partial charge in [-0.3, -0.25) is 4.79 Å². The minimum Gasteiger partial charge on any atom is -0.469 e. The van der Waals surface area contributed by atoms with Gasteiger partial charge in [0.05, 0.1) is 43.7 Å². The summed E-state index contributed by atoms with van der Waals surface area (Å²) in [5, 5.41) is 8.92. The Morgan fingerprint density at radius 3 is 2.52 bits per heavy atom. The first kappa shape index (κ1) is 22.0. The minimum absolute atomic E-state index is 0.0690. The Bertz CT molecular complexity index is 875. The van der Waals surface area contributed by atoms with Gasteiger partial charge in [-0.05, 0) is 38.5 Å². The first-order chi connectivity index (χ1) is 13.7. The second-order valence-electron chi connectivity index (χ2n) is 7.55. The lowest BCUT2D eigenvalue weighted by Crippen LogP contribution is -2.38. The van der Waals surface area contributed by atoms with E-state index in [9.17, 15) is 9.59 Å². The van der Waals surface area contributed by atoms with Crippen molar-refractivity contribution < 1.29 is 19.1 Å². The van der Waals surface area contributed by atoms with Crippen molar-refractivity contribution in [1.29, 1.82) is 5.26 Å². The molecule has 29 heavy (non-hydrogen) atoms. The van der Waals surface area contributed by atoms with Crippen LogP contribution in [0.4, 0.5) is 4.79 Å². The van der Waals surface area contributed by atoms with Gasteiger partial charge >= 0.3 is 12.1 Å². The molecule has 154 valence electrons. The molecule has 8 nitrogen and oxygen atoms in total. The molecule has 1 heterocycles. The molecule has 0 fully saturated rings. The Morgan fingerprint density at radius 2 is 1.93 bits per heavy atom. The maximum Gasteiger partial charge on any atom is 0.410 e. The number of ether oxygens (including phenoxy) is 2. The van der Waals surface area contributed by atoms with Gasteiger partial charge in [0.25, 0.3) is 0 Å². The molecule has 0 bridgehead atoms. The zero-order valence-corrected chi connectivity index (χ0v) is 17.2. The number of methoxy groups -OCH3 is 1. The van der Waals surface area contributed by atoms with Crippen LogP contribution in [0.2, 0.25) is 0 Å². The lowest BCUT2D eigenvalue weighted by Gasteiger charge is -2.27. The smallest absolute Gasteiger partial charge is 0.410 e. The van der Waals surface area contributed by atoms with Gasteiger partial charge in [0.1, 0.15) is 5.60 Å². The van der Waals surface area contributed by atoms with Gasteiger partial charge in [-0.2, -0.15) is 5.26 Å². The Labute approximate surface area is 170 Å². The van der Waals surface area contributed by atoms with E-state index in [0.717, 1.165) is 11.3 Å². The van der Waals surface area contributed by atoms with Crippen LogP contribution in [-0.4, -0.2) is 45.8 Å². The predicted molar refractivity (Wildman–Crippen MR) is 106 cm³/mol. The third kappa shape index (κ3) is 6.96. The lowest BCUT2D eigenvalue weighted by molar-refractivity contribution is -0.140. The van der Waals surface area contributed by atoms with E-state index in [4.69, 9.17) is 10.00 Å². The quantitative estimate of drug-likeness (QED) is 0.665. The van der Waals surface area contributed by atoms with E-state index in [-0.39, 0.29) is 19.5 Å². The van der Waals surface area contributed by atoms with Gasteiger partial charge in [-0.25, -0.2) is 9.78 Å². The number of nitrogens with zero attached hydrogens (tertiary/aromatic N) is 4. The van der Waals surface area contributed by atoms with Crippen LogP contribution >= 0.6 is 0 Å². The van der Waals surface area contributed by atoms with E-state index in [1.54, 1.807) is 45.4 Å². The van der Waals surface area contributed by atoms with E-state index in [0.29, 0.717) is 12.1 Å². The number of rotatable bonds is 7. The van der Waals surface area contributed by atoms with Crippen molar-refractivity contribution in [3.63, 3.8) is 0 Å². The highest BCUT2D eigenvalue weighted by atomic mass is 16.6. The number of benzene rings is 1. The minimum atomic E-state index is -0.649. The average molecular weight is 398 g/mol. The largest absolute Gasteiger partial charge is 0.469 e. The van der Waals surface area contributed by atoms with Crippen molar-refractivity contribution >= 4 is 12.1 Å². The predicted octanol–water partition coefficient (Wildman–Crippen LogP) is 3.10. The molecule has 0 aliphatic heterocycles. The van der Waals surface area contributed by atoms with Crippen LogP contribution in [0.25, 0.3) is 0 Å². The molecule has 2 rings (SSSR count). The summed E-state index contributed by atoms with van der Waals surface area (Å²) in [6, 6.07) is 9.37. The molecule has 0 aliphatic rings. The molecule has 2 aromatic rings. The molecule has 8 heteroatoms. The van der Waals surface area contributed by atoms with E-state index in [2.05, 4.69) is 15.8 Å². The van der Waals surface area contributed by atoms with E-state index in [1.807, 2.05) is 16.7 Å². The fourth-order valence-electron chi connectivity index (χ4n) is 2.59. The highest BCUT2D eigenvalue weighted by Crippen LogP contribution is 2.15. The number of hydrogen-bond donors (Lipinski definition) is 0. The standard InChI is InChI=1S/C21H26N4O4/c1-21(2,3)29-20(27)24(10-9-19(26)28-4)14-18-12-23-15-25(18)13-17-7-5-16(11-22)6-8-17/h5-8,12,15H,9-10,13-14H2,1-4H3. The van der Waals surface area contributed by atoms with Crippen molar-refractivity contribution in [3.05, 3.63) is 53.6 Å². The molecule has 0 unspecified atom stereocenters. The lowest BCUT2D eigenvalue weighted by atomic mass is 10.1. The topological polar surface area (TPSA) is 97.5 Å². The van der Waals surface area contributed by atoms with Crippen LogP contribution in [0.1, 0.15) is 44.0 Å². The number of aromatic nitrogens is 2. The van der Waals surface area contributed by atoms with Crippen LogP contribution in [0.5, 0.6) is 0 Å². The fraction of sp³-hybridized carbons (Fsp3) is 0.429. The zero-order chi connectivity index (χ0) is 21.4. The van der Waals surface area contributed by atoms with Gasteiger partial charge in [0.2, 0.25) is 0 Å². The number of hydrogen-bond acceptors (Lipinski definition) is 6. The molecule has 0 atom stereocenters. The highest BCUT2D eigenvalue weighted by molar-refractivity contribution is 5.72. The Kier molecular flexibility index (Phi) is 7.37. The Balaban J connectivity index is 2.15. The van der Waals surface area contributed by atoms with Gasteiger partial charge < -0.3 is 18.9 Å². The van der Waals surface area contributed by atoms with Crippen molar-refractivity contribution in [1.82, 2.24) is 14.5 Å². The first-order valence-electron chi connectivity index (χ1n) is 9.24. The first-order valence-corrected chi connectivity index (χ1v) is 9.24. The van der Waals surface area contributed by atoms with Gasteiger partial charge in [-0.1, -0.05) is 12.1 Å². The van der Waals surface area contributed by atoms with Gasteiger partial charge in [-0.15, -0.1) is 0 Å². The summed E-state index contributed by atoms with van der Waals surface area (Å²) >= 11 is 0. The Hall–Kier alpha value is -3.34. The summed E-state index contributed by atoms with van der Waals surface area (Å²) in [5.41, 5.74) is 1.74. The molecule has 0 spiro atoms. The second kappa shape index (κ2) is 9.73. The van der Waals surface area contributed by atoms with E-state index in [1.165, 1.54) is 12.0 Å². The van der Waals surface area contributed by atoms with E-state index < -0.39 is 17.7 Å². The monoisotopic (exact) mass is 398 g/mol. The SMILES string of the molecule is COC(=O)CCN(Cc1cncn1Cc1ccc(C#N)cc1)C(=O)OC(C)(C)C. The molecule has 1 aromatic heterocycles. The zero-order valence-electron chi connectivity index (χ0n) is 17.2. The summed E-state index contributed by atoms with van der Waals surface area (Å²) in [7, 11) is 1.31. The van der Waals surface area contributed by atoms with Crippen LogP contribution in [-0.2, 0) is 27.4 Å². The summed E-state index contributed by atoms with van der Waals surface area (Å²) in [6.45, 7) is 6.32. The normalized spacial score (nSPS) is 10.9. The summed E-state index contributed by atoms with van der Waals surface area (Å²) < 4.78 is 12.1. The highest BCUT2D eigenvalue weighted by Gasteiger charge is 2.24. The molecule has 0 N–H and O–H groups in total. The molecule has 0 saturated carbocycles. The second-order valence-corrected chi connectivity index (χ2v) is 7.55. The van der Waals surface area contributed by atoms with Gasteiger partial charge in [0, 0.05) is 19.3 Å². The number of carbonyl (C=O) groups excluding carboxylic acids is 2. The number of esters is 1. The molecular formula is C21H26N4O4. The number of nitriles is 1. The molecule has 0 aliphatic carbocycles. The van der Waals surface area contributed by atoms with Gasteiger partial charge in [0.15, 0.2) is 0 Å². The van der Waals surface area contributed by atoms with Crippen LogP contribution in [0, 0.1) is 11.3 Å². The Morgan fingerprint density at radius 1 is 1.24 bits per heavy atom. The van der Waals surface area contributed by atoms with Crippen LogP contribution < -0.4 is 0 Å². The molecule has 0 saturated heterocycles. The van der Waals surface area contributed by atoms with Crippen molar-refractivity contribution in [2.45, 2.75) is 45.9 Å². The van der Waals surface area contributed by atoms with Crippen LogP contribution in [0.15, 0.2) is 36.8 Å². The third-order valence-corrected chi connectivity index (χ3v) is 4.05. The maximum absolute atomic E-state index is 12.6. The summed E-state index contributed by atoms with van der Waals surface area (Å²) in [5.74, 6) is -0.398. The molecule has 1 amide bonds.